The van der Waals surface area contributed by atoms with Gasteiger partial charge in [0, 0.05) is 23.8 Å². The number of imidazole rings is 1. The number of hydrogen-bond acceptors (Lipinski definition) is 4. The van der Waals surface area contributed by atoms with E-state index in [2.05, 4.69) is 32.4 Å². The number of likely N-dealkylation sites (tertiary alicyclic amines) is 1. The van der Waals surface area contributed by atoms with Crippen molar-refractivity contribution < 1.29 is 4.79 Å². The Kier molecular flexibility index (Phi) is 3.32. The van der Waals surface area contributed by atoms with E-state index in [1.165, 1.54) is 0 Å². The van der Waals surface area contributed by atoms with Gasteiger partial charge in [-0.25, -0.2) is 4.98 Å². The Morgan fingerprint density at radius 3 is 3.10 bits per heavy atom. The molecule has 1 N–H and O–H groups in total. The van der Waals surface area contributed by atoms with Gasteiger partial charge in [-0.15, -0.1) is 0 Å². The summed E-state index contributed by atoms with van der Waals surface area (Å²) in [6.07, 6.45) is 6.43. The molecule has 1 aliphatic heterocycles. The van der Waals surface area contributed by atoms with Crippen molar-refractivity contribution in [1.29, 1.82) is 5.26 Å². The number of anilines is 1. The number of fused-ring (bicyclic) bond motifs is 1. The summed E-state index contributed by atoms with van der Waals surface area (Å²) in [7, 11) is 0. The molecule has 1 fully saturated rings. The first kappa shape index (κ1) is 12.9. The van der Waals surface area contributed by atoms with Crippen molar-refractivity contribution in [3.8, 4) is 6.19 Å². The lowest BCUT2D eigenvalue weighted by Crippen LogP contribution is -2.25. The molecule has 0 saturated carbocycles. The van der Waals surface area contributed by atoms with Crippen LogP contribution in [0.1, 0.15) is 6.42 Å². The maximum absolute atomic E-state index is 12.1. The van der Waals surface area contributed by atoms with Crippen LogP contribution in [0.3, 0.4) is 0 Å². The summed E-state index contributed by atoms with van der Waals surface area (Å²) in [5.74, 6) is 0.305. The topological polar surface area (TPSA) is 73.4 Å². The largest absolute Gasteiger partial charge is 0.310 e. The van der Waals surface area contributed by atoms with Crippen LogP contribution in [0.15, 0.2) is 29.0 Å². The van der Waals surface area contributed by atoms with Crippen molar-refractivity contribution in [2.24, 2.45) is 5.92 Å². The third-order valence-corrected chi connectivity index (χ3v) is 3.84. The fourth-order valence-electron chi connectivity index (χ4n) is 2.32. The average Bonchev–Trinajstić information content (AvgIpc) is 3.03. The van der Waals surface area contributed by atoms with Crippen molar-refractivity contribution in [2.75, 3.05) is 18.4 Å². The highest BCUT2D eigenvalue weighted by Gasteiger charge is 2.28. The Labute approximate surface area is 124 Å². The summed E-state index contributed by atoms with van der Waals surface area (Å²) in [5.41, 5.74) is 0.772. The number of carbonyl (C=O) groups is 1. The van der Waals surface area contributed by atoms with Gasteiger partial charge in [-0.3, -0.25) is 4.79 Å². The molecule has 0 spiro atoms. The SMILES string of the molecule is N#CN1CC[C@H](C(=O)Nc2cn3cc(Br)ccc3n2)C1. The summed E-state index contributed by atoms with van der Waals surface area (Å²) in [6.45, 7) is 1.13. The van der Waals surface area contributed by atoms with E-state index in [9.17, 15) is 4.79 Å². The van der Waals surface area contributed by atoms with Gasteiger partial charge in [0.05, 0.1) is 12.1 Å². The molecule has 3 heterocycles. The minimum absolute atomic E-state index is 0.0785. The van der Waals surface area contributed by atoms with Crippen LogP contribution >= 0.6 is 15.9 Å². The lowest BCUT2D eigenvalue weighted by Gasteiger charge is -2.08. The molecule has 0 radical (unpaired) electrons. The first-order valence-corrected chi connectivity index (χ1v) is 7.05. The zero-order valence-electron chi connectivity index (χ0n) is 10.6. The second kappa shape index (κ2) is 5.13. The molecule has 1 atom stereocenters. The normalized spacial score (nSPS) is 18.2. The molecule has 1 amide bonds. The molecular weight excluding hydrogens is 322 g/mol. The fraction of sp³-hybridized carbons (Fsp3) is 0.308. The average molecular weight is 334 g/mol. The Balaban J connectivity index is 1.73. The van der Waals surface area contributed by atoms with Gasteiger partial charge in [-0.2, -0.15) is 5.26 Å². The van der Waals surface area contributed by atoms with Crippen molar-refractivity contribution >= 4 is 33.3 Å². The van der Waals surface area contributed by atoms with E-state index in [1.54, 1.807) is 11.1 Å². The highest BCUT2D eigenvalue weighted by Crippen LogP contribution is 2.19. The van der Waals surface area contributed by atoms with Gasteiger partial charge in [0.15, 0.2) is 12.0 Å². The summed E-state index contributed by atoms with van der Waals surface area (Å²) in [6, 6.07) is 3.77. The molecule has 0 bridgehead atoms. The predicted molar refractivity (Wildman–Crippen MR) is 76.8 cm³/mol. The number of pyridine rings is 1. The number of halogens is 1. The van der Waals surface area contributed by atoms with Gasteiger partial charge in [0.25, 0.3) is 0 Å². The van der Waals surface area contributed by atoms with Crippen molar-refractivity contribution in [3.05, 3.63) is 29.0 Å². The molecular formula is C13H12BrN5O. The van der Waals surface area contributed by atoms with Crippen molar-refractivity contribution in [2.45, 2.75) is 6.42 Å². The molecule has 0 aromatic carbocycles. The van der Waals surface area contributed by atoms with E-state index in [1.807, 2.05) is 22.7 Å². The van der Waals surface area contributed by atoms with Crippen molar-refractivity contribution in [3.63, 3.8) is 0 Å². The molecule has 20 heavy (non-hydrogen) atoms. The second-order valence-electron chi connectivity index (χ2n) is 4.76. The molecule has 0 aliphatic carbocycles. The van der Waals surface area contributed by atoms with E-state index in [4.69, 9.17) is 5.26 Å². The zero-order valence-corrected chi connectivity index (χ0v) is 12.2. The Hall–Kier alpha value is -2.07. The third-order valence-electron chi connectivity index (χ3n) is 3.37. The Bertz CT molecular complexity index is 704. The number of hydrogen-bond donors (Lipinski definition) is 1. The lowest BCUT2D eigenvalue weighted by atomic mass is 10.1. The van der Waals surface area contributed by atoms with Crippen LogP contribution in [0.2, 0.25) is 0 Å². The molecule has 2 aromatic heterocycles. The molecule has 1 saturated heterocycles. The van der Waals surface area contributed by atoms with E-state index in [0.29, 0.717) is 25.3 Å². The molecule has 3 rings (SSSR count). The summed E-state index contributed by atoms with van der Waals surface area (Å²) in [4.78, 5) is 18.1. The number of carbonyl (C=O) groups excluding carboxylic acids is 1. The van der Waals surface area contributed by atoms with Gasteiger partial charge in [0.2, 0.25) is 5.91 Å². The first-order chi connectivity index (χ1) is 9.65. The molecule has 102 valence electrons. The third kappa shape index (κ3) is 2.47. The predicted octanol–water partition coefficient (Wildman–Crippen LogP) is 1.84. The van der Waals surface area contributed by atoms with E-state index in [0.717, 1.165) is 10.1 Å². The summed E-state index contributed by atoms with van der Waals surface area (Å²) in [5, 5.41) is 11.6. The van der Waals surface area contributed by atoms with Crippen LogP contribution in [0.25, 0.3) is 5.65 Å². The number of nitrogens with zero attached hydrogens (tertiary/aromatic N) is 4. The van der Waals surface area contributed by atoms with Crippen LogP contribution in [-0.2, 0) is 4.79 Å². The Morgan fingerprint density at radius 2 is 2.35 bits per heavy atom. The molecule has 2 aromatic rings. The monoisotopic (exact) mass is 333 g/mol. The highest BCUT2D eigenvalue weighted by atomic mass is 79.9. The number of nitrogens with one attached hydrogen (secondary N) is 1. The smallest absolute Gasteiger partial charge is 0.230 e. The molecule has 7 heteroatoms. The van der Waals surface area contributed by atoms with Gasteiger partial charge in [-0.1, -0.05) is 0 Å². The quantitative estimate of drug-likeness (QED) is 0.851. The maximum atomic E-state index is 12.1. The summed E-state index contributed by atoms with van der Waals surface area (Å²) < 4.78 is 2.79. The van der Waals surface area contributed by atoms with Gasteiger partial charge in [-0.05, 0) is 34.5 Å². The summed E-state index contributed by atoms with van der Waals surface area (Å²) >= 11 is 3.39. The van der Waals surface area contributed by atoms with Crippen LogP contribution < -0.4 is 5.32 Å². The highest BCUT2D eigenvalue weighted by molar-refractivity contribution is 9.10. The Morgan fingerprint density at radius 1 is 1.50 bits per heavy atom. The lowest BCUT2D eigenvalue weighted by molar-refractivity contribution is -0.119. The van der Waals surface area contributed by atoms with E-state index in [-0.39, 0.29) is 11.8 Å². The molecule has 0 unspecified atom stereocenters. The van der Waals surface area contributed by atoms with Gasteiger partial charge in [0.1, 0.15) is 5.65 Å². The fourth-order valence-corrected chi connectivity index (χ4v) is 2.67. The molecule has 1 aliphatic rings. The van der Waals surface area contributed by atoms with Crippen LogP contribution in [0, 0.1) is 17.4 Å². The standard InChI is InChI=1S/C13H12BrN5O/c14-10-1-2-12-16-11(7-19(12)6-10)17-13(20)9-3-4-18(5-9)8-15/h1-2,6-7,9H,3-5H2,(H,17,20)/t9-/m0/s1. The van der Waals surface area contributed by atoms with Crippen LogP contribution in [0.4, 0.5) is 5.82 Å². The van der Waals surface area contributed by atoms with E-state index < -0.39 is 0 Å². The number of amides is 1. The van der Waals surface area contributed by atoms with Crippen LogP contribution in [-0.4, -0.2) is 33.3 Å². The van der Waals surface area contributed by atoms with Gasteiger partial charge >= 0.3 is 0 Å². The number of aromatic nitrogens is 2. The van der Waals surface area contributed by atoms with E-state index >= 15 is 0 Å². The molecule has 6 nitrogen and oxygen atoms in total. The maximum Gasteiger partial charge on any atom is 0.230 e. The zero-order chi connectivity index (χ0) is 14.1. The minimum Gasteiger partial charge on any atom is -0.310 e. The number of nitriles is 1. The van der Waals surface area contributed by atoms with Crippen LogP contribution in [0.5, 0.6) is 0 Å². The van der Waals surface area contributed by atoms with Gasteiger partial charge < -0.3 is 14.6 Å². The van der Waals surface area contributed by atoms with Crippen molar-refractivity contribution in [1.82, 2.24) is 14.3 Å². The number of rotatable bonds is 2. The first-order valence-electron chi connectivity index (χ1n) is 6.25. The minimum atomic E-state index is -0.147. The second-order valence-corrected chi connectivity index (χ2v) is 5.68.